The lowest BCUT2D eigenvalue weighted by molar-refractivity contribution is -0.141. The predicted molar refractivity (Wildman–Crippen MR) is 79.8 cm³/mol. The molecular weight excluding hydrogens is 309 g/mol. The summed E-state index contributed by atoms with van der Waals surface area (Å²) in [7, 11) is 1.56. The number of anilines is 1. The van der Waals surface area contributed by atoms with Crippen molar-refractivity contribution in [1.82, 2.24) is 15.0 Å². The van der Waals surface area contributed by atoms with E-state index in [2.05, 4.69) is 15.0 Å². The lowest BCUT2D eigenvalue weighted by Crippen LogP contribution is -2.36. The number of halogens is 3. The minimum absolute atomic E-state index is 0.0649. The van der Waals surface area contributed by atoms with Gasteiger partial charge < -0.3 is 10.0 Å². The Balaban J connectivity index is 2.50. The van der Waals surface area contributed by atoms with Crippen molar-refractivity contribution in [2.24, 2.45) is 0 Å². The lowest BCUT2D eigenvalue weighted by atomic mass is 10.1. The molecule has 0 fully saturated rings. The number of aliphatic hydroxyl groups is 1. The topological polar surface area (TPSA) is 62.1 Å². The van der Waals surface area contributed by atoms with Crippen molar-refractivity contribution in [3.63, 3.8) is 0 Å². The monoisotopic (exact) mass is 326 g/mol. The maximum absolute atomic E-state index is 13.1. The lowest BCUT2D eigenvalue weighted by Gasteiger charge is -2.27. The molecule has 0 unspecified atom stereocenters. The van der Waals surface area contributed by atoms with Gasteiger partial charge in [-0.25, -0.2) is 9.97 Å². The van der Waals surface area contributed by atoms with Gasteiger partial charge >= 0.3 is 6.18 Å². The maximum atomic E-state index is 13.1. The van der Waals surface area contributed by atoms with Crippen molar-refractivity contribution in [3.8, 4) is 11.5 Å². The molecule has 0 aliphatic heterocycles. The van der Waals surface area contributed by atoms with Crippen LogP contribution in [-0.2, 0) is 6.18 Å². The first-order valence-corrected chi connectivity index (χ1v) is 6.87. The van der Waals surface area contributed by atoms with Crippen LogP contribution in [0.25, 0.3) is 11.5 Å². The average Bonchev–Trinajstić information content (AvgIpc) is 2.45. The number of hydrogen-bond donors (Lipinski definition) is 1. The van der Waals surface area contributed by atoms with Gasteiger partial charge in [0.1, 0.15) is 11.5 Å². The summed E-state index contributed by atoms with van der Waals surface area (Å²) in [5, 5.41) is 9.85. The molecule has 0 radical (unpaired) electrons. The van der Waals surface area contributed by atoms with E-state index in [9.17, 15) is 18.3 Å². The zero-order chi connectivity index (χ0) is 17.3. The quantitative estimate of drug-likeness (QED) is 0.936. The van der Waals surface area contributed by atoms with E-state index in [1.165, 1.54) is 17.2 Å². The van der Waals surface area contributed by atoms with Gasteiger partial charge in [-0.1, -0.05) is 6.07 Å². The molecule has 8 heteroatoms. The summed E-state index contributed by atoms with van der Waals surface area (Å²) < 4.78 is 39.3. The van der Waals surface area contributed by atoms with Crippen molar-refractivity contribution in [3.05, 3.63) is 36.2 Å². The Hall–Kier alpha value is -2.22. The summed E-state index contributed by atoms with van der Waals surface area (Å²) in [6.07, 6.45) is -3.14. The number of aromatic nitrogens is 3. The standard InChI is InChI=1S/C15H17F3N4O/c1-14(2,23)9-22(3)12-8-11(15(16,17)18)20-13(21-12)10-6-4-5-7-19-10/h4-8,23H,9H2,1-3H3. The second kappa shape index (κ2) is 6.11. The minimum Gasteiger partial charge on any atom is -0.389 e. The molecule has 23 heavy (non-hydrogen) atoms. The van der Waals surface area contributed by atoms with Gasteiger partial charge in [0.05, 0.1) is 5.60 Å². The van der Waals surface area contributed by atoms with Gasteiger partial charge in [-0.15, -0.1) is 0 Å². The van der Waals surface area contributed by atoms with E-state index in [1.54, 1.807) is 33.0 Å². The van der Waals surface area contributed by atoms with Crippen LogP contribution in [0.1, 0.15) is 19.5 Å². The Morgan fingerprint density at radius 1 is 1.17 bits per heavy atom. The molecule has 0 aromatic carbocycles. The largest absolute Gasteiger partial charge is 0.433 e. The highest BCUT2D eigenvalue weighted by atomic mass is 19.4. The van der Waals surface area contributed by atoms with E-state index in [1.807, 2.05) is 0 Å². The summed E-state index contributed by atoms with van der Waals surface area (Å²) in [5.41, 5.74) is -1.88. The summed E-state index contributed by atoms with van der Waals surface area (Å²) >= 11 is 0. The Labute approximate surface area is 131 Å². The number of hydrogen-bond acceptors (Lipinski definition) is 5. The molecule has 0 amide bonds. The van der Waals surface area contributed by atoms with E-state index >= 15 is 0 Å². The zero-order valence-electron chi connectivity index (χ0n) is 13.0. The molecule has 0 aliphatic carbocycles. The molecule has 0 saturated carbocycles. The van der Waals surface area contributed by atoms with Crippen molar-refractivity contribution in [1.29, 1.82) is 0 Å². The third-order valence-corrected chi connectivity index (χ3v) is 2.91. The van der Waals surface area contributed by atoms with Gasteiger partial charge in [0.25, 0.3) is 0 Å². The number of rotatable bonds is 4. The Bertz CT molecular complexity index is 669. The normalized spacial score (nSPS) is 12.3. The van der Waals surface area contributed by atoms with Crippen molar-refractivity contribution in [2.45, 2.75) is 25.6 Å². The molecule has 2 rings (SSSR count). The summed E-state index contributed by atoms with van der Waals surface area (Å²) in [6, 6.07) is 5.69. The molecule has 0 aliphatic rings. The van der Waals surface area contributed by atoms with E-state index in [-0.39, 0.29) is 23.9 Å². The molecule has 124 valence electrons. The van der Waals surface area contributed by atoms with E-state index in [4.69, 9.17) is 0 Å². The van der Waals surface area contributed by atoms with Gasteiger partial charge in [0.2, 0.25) is 0 Å². The first-order chi connectivity index (χ1) is 10.6. The maximum Gasteiger partial charge on any atom is 0.433 e. The van der Waals surface area contributed by atoms with Gasteiger partial charge in [-0.2, -0.15) is 13.2 Å². The Morgan fingerprint density at radius 3 is 2.39 bits per heavy atom. The van der Waals surface area contributed by atoms with Crippen molar-refractivity contribution < 1.29 is 18.3 Å². The van der Waals surface area contributed by atoms with Gasteiger partial charge in [0.15, 0.2) is 11.5 Å². The van der Waals surface area contributed by atoms with Crippen LogP contribution >= 0.6 is 0 Å². The van der Waals surface area contributed by atoms with Crippen LogP contribution in [0.5, 0.6) is 0 Å². The molecule has 5 nitrogen and oxygen atoms in total. The Morgan fingerprint density at radius 2 is 1.87 bits per heavy atom. The van der Waals surface area contributed by atoms with E-state index in [0.29, 0.717) is 0 Å². The zero-order valence-corrected chi connectivity index (χ0v) is 13.0. The van der Waals surface area contributed by atoms with E-state index < -0.39 is 17.5 Å². The van der Waals surface area contributed by atoms with Crippen LogP contribution in [0.3, 0.4) is 0 Å². The minimum atomic E-state index is -4.60. The number of likely N-dealkylation sites (N-methyl/N-ethyl adjacent to an activating group) is 1. The van der Waals surface area contributed by atoms with Crippen molar-refractivity contribution in [2.75, 3.05) is 18.5 Å². The smallest absolute Gasteiger partial charge is 0.389 e. The molecule has 1 N–H and O–H groups in total. The molecule has 2 heterocycles. The van der Waals surface area contributed by atoms with Crippen LogP contribution in [0, 0.1) is 0 Å². The molecule has 2 aromatic heterocycles. The number of pyridine rings is 1. The Kier molecular flexibility index (Phi) is 4.56. The second-order valence-corrected chi connectivity index (χ2v) is 5.82. The molecule has 0 spiro atoms. The summed E-state index contributed by atoms with van der Waals surface area (Å²) in [6.45, 7) is 3.24. The number of nitrogens with zero attached hydrogens (tertiary/aromatic N) is 4. The number of alkyl halides is 3. The van der Waals surface area contributed by atoms with Crippen LogP contribution in [0.15, 0.2) is 30.5 Å². The van der Waals surface area contributed by atoms with Crippen LogP contribution in [0.2, 0.25) is 0 Å². The molecule has 2 aromatic rings. The fourth-order valence-corrected chi connectivity index (χ4v) is 2.05. The fourth-order valence-electron chi connectivity index (χ4n) is 2.05. The highest BCUT2D eigenvalue weighted by Gasteiger charge is 2.34. The third kappa shape index (κ3) is 4.62. The highest BCUT2D eigenvalue weighted by Crippen LogP contribution is 2.31. The van der Waals surface area contributed by atoms with Gasteiger partial charge in [-0.3, -0.25) is 4.98 Å². The predicted octanol–water partition coefficient (Wildman–Crippen LogP) is 2.76. The SMILES string of the molecule is CN(CC(C)(C)O)c1cc(C(F)(F)F)nc(-c2ccccn2)n1. The van der Waals surface area contributed by atoms with Crippen LogP contribution in [0.4, 0.5) is 19.0 Å². The second-order valence-electron chi connectivity index (χ2n) is 5.82. The average molecular weight is 326 g/mol. The molecule has 0 bridgehead atoms. The first kappa shape index (κ1) is 17.1. The van der Waals surface area contributed by atoms with Crippen LogP contribution < -0.4 is 4.90 Å². The molecule has 0 atom stereocenters. The third-order valence-electron chi connectivity index (χ3n) is 2.91. The van der Waals surface area contributed by atoms with Gasteiger partial charge in [-0.05, 0) is 26.0 Å². The fraction of sp³-hybridized carbons (Fsp3) is 0.400. The van der Waals surface area contributed by atoms with Gasteiger partial charge in [0, 0.05) is 25.9 Å². The molecular formula is C15H17F3N4O. The summed E-state index contributed by atoms with van der Waals surface area (Å²) in [4.78, 5) is 13.1. The summed E-state index contributed by atoms with van der Waals surface area (Å²) in [5.74, 6) is -0.0480. The first-order valence-electron chi connectivity index (χ1n) is 6.87. The van der Waals surface area contributed by atoms with Crippen molar-refractivity contribution >= 4 is 5.82 Å². The highest BCUT2D eigenvalue weighted by molar-refractivity contribution is 5.54. The van der Waals surface area contributed by atoms with Crippen LogP contribution in [-0.4, -0.2) is 39.3 Å². The molecule has 0 saturated heterocycles. The van der Waals surface area contributed by atoms with E-state index in [0.717, 1.165) is 6.07 Å².